The quantitative estimate of drug-likeness (QED) is 0.692. The summed E-state index contributed by atoms with van der Waals surface area (Å²) in [5.41, 5.74) is 3.46. The molecular formula is C23H26N2O2. The molecule has 1 amide bonds. The molecule has 0 fully saturated rings. The predicted octanol–water partition coefficient (Wildman–Crippen LogP) is 5.02. The fourth-order valence-corrected chi connectivity index (χ4v) is 3.61. The summed E-state index contributed by atoms with van der Waals surface area (Å²) in [7, 11) is 0. The number of rotatable bonds is 5. The second-order valence-electron chi connectivity index (χ2n) is 7.21. The third-order valence-electron chi connectivity index (χ3n) is 5.01. The van der Waals surface area contributed by atoms with Crippen molar-refractivity contribution in [2.75, 3.05) is 5.32 Å². The number of para-hydroxylation sites is 2. The molecule has 0 saturated carbocycles. The zero-order valence-electron chi connectivity index (χ0n) is 16.3. The maximum atomic E-state index is 13.1. The summed E-state index contributed by atoms with van der Waals surface area (Å²) in [4.78, 5) is 25.9. The van der Waals surface area contributed by atoms with Crippen molar-refractivity contribution in [2.45, 2.75) is 46.1 Å². The van der Waals surface area contributed by atoms with Crippen LogP contribution in [0.4, 0.5) is 5.69 Å². The number of hydrogen-bond acceptors (Lipinski definition) is 2. The fourth-order valence-electron chi connectivity index (χ4n) is 3.61. The normalized spacial score (nSPS) is 12.3. The molecule has 3 aromatic rings. The molecule has 2 aromatic carbocycles. The van der Waals surface area contributed by atoms with E-state index < -0.39 is 6.04 Å². The molecule has 1 heterocycles. The maximum absolute atomic E-state index is 13.1. The van der Waals surface area contributed by atoms with Gasteiger partial charge in [-0.3, -0.25) is 14.2 Å². The number of carbonyl (C=O) groups is 1. The van der Waals surface area contributed by atoms with Crippen LogP contribution in [-0.4, -0.2) is 10.5 Å². The van der Waals surface area contributed by atoms with Crippen molar-refractivity contribution in [3.05, 3.63) is 76.1 Å². The standard InChI is InChI=1S/C23H26N2O2/c1-5-20(23(27)24-19-12-8-6-10-17(19)15(2)3)25-21-13-9-7-11-18(21)16(4)14-22(25)26/h6-15,20H,5H2,1-4H3,(H,24,27). The molecule has 1 N–H and O–H groups in total. The van der Waals surface area contributed by atoms with Crippen molar-refractivity contribution >= 4 is 22.5 Å². The Morgan fingerprint density at radius 3 is 2.44 bits per heavy atom. The Kier molecular flexibility index (Phi) is 5.45. The van der Waals surface area contributed by atoms with E-state index in [9.17, 15) is 9.59 Å². The molecule has 0 bridgehead atoms. The van der Waals surface area contributed by atoms with Crippen molar-refractivity contribution in [3.63, 3.8) is 0 Å². The number of pyridine rings is 1. The van der Waals surface area contributed by atoms with E-state index in [1.54, 1.807) is 10.6 Å². The Morgan fingerprint density at radius 2 is 1.74 bits per heavy atom. The molecule has 4 nitrogen and oxygen atoms in total. The van der Waals surface area contributed by atoms with Crippen LogP contribution in [0.5, 0.6) is 0 Å². The molecule has 1 unspecified atom stereocenters. The number of carbonyl (C=O) groups excluding carboxylic acids is 1. The van der Waals surface area contributed by atoms with Crippen molar-refractivity contribution in [3.8, 4) is 0 Å². The minimum Gasteiger partial charge on any atom is -0.324 e. The monoisotopic (exact) mass is 362 g/mol. The second kappa shape index (κ2) is 7.78. The van der Waals surface area contributed by atoms with E-state index in [4.69, 9.17) is 0 Å². The minimum atomic E-state index is -0.566. The molecule has 0 radical (unpaired) electrons. The Bertz CT molecular complexity index is 1030. The molecule has 3 rings (SSSR count). The van der Waals surface area contributed by atoms with E-state index in [-0.39, 0.29) is 11.5 Å². The van der Waals surface area contributed by atoms with Crippen LogP contribution >= 0.6 is 0 Å². The first-order chi connectivity index (χ1) is 12.9. The summed E-state index contributed by atoms with van der Waals surface area (Å²) in [6, 6.07) is 16.6. The number of aromatic nitrogens is 1. The number of benzene rings is 2. The van der Waals surface area contributed by atoms with Crippen molar-refractivity contribution in [1.82, 2.24) is 4.57 Å². The van der Waals surface area contributed by atoms with Crippen LogP contribution in [-0.2, 0) is 4.79 Å². The minimum absolute atomic E-state index is 0.148. The van der Waals surface area contributed by atoms with E-state index in [2.05, 4.69) is 19.2 Å². The van der Waals surface area contributed by atoms with Gasteiger partial charge in [-0.2, -0.15) is 0 Å². The lowest BCUT2D eigenvalue weighted by molar-refractivity contribution is -0.119. The van der Waals surface area contributed by atoms with Crippen LogP contribution in [0.1, 0.15) is 50.3 Å². The molecule has 0 aliphatic heterocycles. The van der Waals surface area contributed by atoms with Gasteiger partial charge in [-0.25, -0.2) is 0 Å². The number of nitrogens with one attached hydrogen (secondary N) is 1. The largest absolute Gasteiger partial charge is 0.324 e. The first-order valence-corrected chi connectivity index (χ1v) is 9.44. The van der Waals surface area contributed by atoms with Crippen molar-refractivity contribution in [2.24, 2.45) is 0 Å². The lowest BCUT2D eigenvalue weighted by Gasteiger charge is -2.22. The van der Waals surface area contributed by atoms with Gasteiger partial charge < -0.3 is 5.32 Å². The molecule has 0 aliphatic carbocycles. The van der Waals surface area contributed by atoms with E-state index in [0.717, 1.165) is 27.7 Å². The van der Waals surface area contributed by atoms with Gasteiger partial charge >= 0.3 is 0 Å². The van der Waals surface area contributed by atoms with Crippen LogP contribution in [0.25, 0.3) is 10.9 Å². The van der Waals surface area contributed by atoms with Gasteiger partial charge in [-0.05, 0) is 42.5 Å². The molecule has 0 spiro atoms. The van der Waals surface area contributed by atoms with Gasteiger partial charge in [0.1, 0.15) is 6.04 Å². The predicted molar refractivity (Wildman–Crippen MR) is 111 cm³/mol. The van der Waals surface area contributed by atoms with Crippen LogP contribution in [0, 0.1) is 6.92 Å². The first kappa shape index (κ1) is 18.9. The summed E-state index contributed by atoms with van der Waals surface area (Å²) < 4.78 is 1.62. The smallest absolute Gasteiger partial charge is 0.252 e. The highest BCUT2D eigenvalue weighted by molar-refractivity contribution is 5.95. The summed E-state index contributed by atoms with van der Waals surface area (Å²) in [6.45, 7) is 8.05. The van der Waals surface area contributed by atoms with Crippen LogP contribution in [0.15, 0.2) is 59.4 Å². The second-order valence-corrected chi connectivity index (χ2v) is 7.21. The highest BCUT2D eigenvalue weighted by Gasteiger charge is 2.23. The molecule has 4 heteroatoms. The van der Waals surface area contributed by atoms with E-state index >= 15 is 0 Å². The molecule has 140 valence electrons. The van der Waals surface area contributed by atoms with Gasteiger partial charge in [-0.15, -0.1) is 0 Å². The topological polar surface area (TPSA) is 51.1 Å². The van der Waals surface area contributed by atoms with Crippen molar-refractivity contribution in [1.29, 1.82) is 0 Å². The van der Waals surface area contributed by atoms with Crippen LogP contribution in [0.3, 0.4) is 0 Å². The molecule has 0 saturated heterocycles. The molecule has 1 atom stereocenters. The number of aryl methyl sites for hydroxylation is 1. The van der Waals surface area contributed by atoms with Gasteiger partial charge in [0.25, 0.3) is 5.56 Å². The SMILES string of the molecule is CCC(C(=O)Nc1ccccc1C(C)C)n1c(=O)cc(C)c2ccccc21. The maximum Gasteiger partial charge on any atom is 0.252 e. The lowest BCUT2D eigenvalue weighted by Crippen LogP contribution is -2.33. The van der Waals surface area contributed by atoms with E-state index in [1.807, 2.05) is 62.4 Å². The average Bonchev–Trinajstić information content (AvgIpc) is 2.65. The third-order valence-corrected chi connectivity index (χ3v) is 5.01. The molecule has 0 aliphatic rings. The number of hydrogen-bond donors (Lipinski definition) is 1. The fraction of sp³-hybridized carbons (Fsp3) is 0.304. The van der Waals surface area contributed by atoms with Crippen molar-refractivity contribution < 1.29 is 4.79 Å². The first-order valence-electron chi connectivity index (χ1n) is 9.44. The summed E-state index contributed by atoms with van der Waals surface area (Å²) in [6.07, 6.45) is 0.530. The summed E-state index contributed by atoms with van der Waals surface area (Å²) in [5.74, 6) is 0.131. The zero-order chi connectivity index (χ0) is 19.6. The Hall–Kier alpha value is -2.88. The average molecular weight is 362 g/mol. The van der Waals surface area contributed by atoms with E-state index in [1.165, 1.54) is 0 Å². The molecular weight excluding hydrogens is 336 g/mol. The van der Waals surface area contributed by atoms with Gasteiger partial charge in [0.2, 0.25) is 5.91 Å². The Morgan fingerprint density at radius 1 is 1.07 bits per heavy atom. The number of nitrogens with zero attached hydrogens (tertiary/aromatic N) is 1. The van der Waals surface area contributed by atoms with Gasteiger partial charge in [0, 0.05) is 17.1 Å². The number of fused-ring (bicyclic) bond motifs is 1. The third kappa shape index (κ3) is 3.65. The highest BCUT2D eigenvalue weighted by atomic mass is 16.2. The van der Waals surface area contributed by atoms with Gasteiger partial charge in [0.05, 0.1) is 5.52 Å². The molecule has 27 heavy (non-hydrogen) atoms. The summed E-state index contributed by atoms with van der Waals surface area (Å²) >= 11 is 0. The number of anilines is 1. The number of amides is 1. The Balaban J connectivity index is 2.05. The Labute approximate surface area is 159 Å². The van der Waals surface area contributed by atoms with E-state index in [0.29, 0.717) is 12.3 Å². The zero-order valence-corrected chi connectivity index (χ0v) is 16.3. The van der Waals surface area contributed by atoms with Gasteiger partial charge in [-0.1, -0.05) is 57.2 Å². The highest BCUT2D eigenvalue weighted by Crippen LogP contribution is 2.26. The van der Waals surface area contributed by atoms with Crippen LogP contribution < -0.4 is 10.9 Å². The molecule has 1 aromatic heterocycles. The van der Waals surface area contributed by atoms with Gasteiger partial charge in [0.15, 0.2) is 0 Å². The lowest BCUT2D eigenvalue weighted by atomic mass is 10.0. The summed E-state index contributed by atoms with van der Waals surface area (Å²) in [5, 5.41) is 4.04. The van der Waals surface area contributed by atoms with Crippen LogP contribution in [0.2, 0.25) is 0 Å².